The summed E-state index contributed by atoms with van der Waals surface area (Å²) in [5, 5.41) is 12.2. The molecular weight excluding hydrogens is 223 g/mol. The van der Waals surface area contributed by atoms with Gasteiger partial charge in [-0.25, -0.2) is 4.39 Å². The minimum Gasteiger partial charge on any atom is -0.391 e. The van der Waals surface area contributed by atoms with Crippen molar-refractivity contribution in [1.29, 1.82) is 5.26 Å². The fraction of sp³-hybridized carbons (Fsp3) is 0.333. The van der Waals surface area contributed by atoms with Gasteiger partial charge in [0.05, 0.1) is 11.3 Å². The van der Waals surface area contributed by atoms with Gasteiger partial charge in [-0.05, 0) is 25.5 Å². The molecule has 5 heteroatoms. The highest BCUT2D eigenvalue weighted by molar-refractivity contribution is 5.80. The van der Waals surface area contributed by atoms with Crippen molar-refractivity contribution in [2.45, 2.75) is 26.9 Å². The molecule has 0 saturated heterocycles. The van der Waals surface area contributed by atoms with E-state index in [1.807, 2.05) is 13.8 Å². The van der Waals surface area contributed by atoms with Gasteiger partial charge in [0.25, 0.3) is 6.26 Å². The monoisotopic (exact) mass is 236 g/mol. The van der Waals surface area contributed by atoms with Crippen LogP contribution in [0.4, 0.5) is 4.39 Å². The number of benzene rings is 1. The normalized spacial score (nSPS) is 10.8. The average Bonchev–Trinajstić information content (AvgIpc) is 2.32. The van der Waals surface area contributed by atoms with Crippen LogP contribution in [0.5, 0.6) is 5.75 Å². The van der Waals surface area contributed by atoms with Crippen LogP contribution in [0.1, 0.15) is 25.8 Å². The molecule has 0 bridgehead atoms. The topological polar surface area (TPSA) is 54.6 Å². The van der Waals surface area contributed by atoms with Crippen LogP contribution in [0.2, 0.25) is 0 Å². The summed E-state index contributed by atoms with van der Waals surface area (Å²) in [6.07, 6.45) is 2.27. The first-order chi connectivity index (χ1) is 8.19. The molecule has 90 valence electrons. The minimum absolute atomic E-state index is 0.0684. The van der Waals surface area contributed by atoms with E-state index in [4.69, 9.17) is 10.1 Å². The van der Waals surface area contributed by atoms with Crippen molar-refractivity contribution in [2.75, 3.05) is 0 Å². The average molecular weight is 236 g/mol. The maximum absolute atomic E-state index is 13.5. The zero-order chi connectivity index (χ0) is 12.7. The predicted octanol–water partition coefficient (Wildman–Crippen LogP) is 2.99. The fourth-order valence-corrected chi connectivity index (χ4v) is 1.10. The Kier molecular flexibility index (Phi) is 4.95. The molecule has 0 aromatic heterocycles. The van der Waals surface area contributed by atoms with Gasteiger partial charge in [-0.15, -0.1) is 5.26 Å². The third kappa shape index (κ3) is 3.76. The lowest BCUT2D eigenvalue weighted by Crippen LogP contribution is -1.98. The van der Waals surface area contributed by atoms with E-state index in [0.29, 0.717) is 0 Å². The van der Waals surface area contributed by atoms with E-state index in [9.17, 15) is 4.39 Å². The molecule has 17 heavy (non-hydrogen) atoms. The molecule has 1 aromatic rings. The number of nitriles is 1. The van der Waals surface area contributed by atoms with Gasteiger partial charge >= 0.3 is 0 Å². The molecule has 0 N–H and O–H groups in total. The molecule has 0 fully saturated rings. The summed E-state index contributed by atoms with van der Waals surface area (Å²) in [7, 11) is 0. The molecular formula is C12H13FN2O2. The van der Waals surface area contributed by atoms with Crippen LogP contribution in [0.3, 0.4) is 0 Å². The number of ether oxygens (including phenoxy) is 1. The summed E-state index contributed by atoms with van der Waals surface area (Å²) in [6, 6.07) is 4.24. The molecule has 4 nitrogen and oxygen atoms in total. The highest BCUT2D eigenvalue weighted by Crippen LogP contribution is 2.22. The molecule has 1 aromatic carbocycles. The van der Waals surface area contributed by atoms with Crippen molar-refractivity contribution in [3.05, 3.63) is 29.6 Å². The standard InChI is InChI=1S/C12H13FN2O2/c1-3-9(2)15-17-7-10-11(13)5-4-6-12(10)16-8-14/h4-6H,3,7H2,1-2H3. The quantitative estimate of drug-likeness (QED) is 0.448. The van der Waals surface area contributed by atoms with Crippen molar-refractivity contribution in [1.82, 2.24) is 0 Å². The van der Waals surface area contributed by atoms with Crippen LogP contribution in [-0.2, 0) is 11.4 Å². The summed E-state index contributed by atoms with van der Waals surface area (Å²) >= 11 is 0. The number of halogens is 1. The number of rotatable bonds is 5. The summed E-state index contributed by atoms with van der Waals surface area (Å²) in [5.41, 5.74) is 0.991. The predicted molar refractivity (Wildman–Crippen MR) is 60.8 cm³/mol. The molecule has 0 unspecified atom stereocenters. The summed E-state index contributed by atoms with van der Waals surface area (Å²) in [5.74, 6) is -0.334. The zero-order valence-electron chi connectivity index (χ0n) is 9.74. The maximum Gasteiger partial charge on any atom is 0.292 e. The Bertz CT molecular complexity index is 452. The lowest BCUT2D eigenvalue weighted by atomic mass is 10.2. The third-order valence-corrected chi connectivity index (χ3v) is 2.17. The number of hydrogen-bond donors (Lipinski definition) is 0. The largest absolute Gasteiger partial charge is 0.391 e. The fourth-order valence-electron chi connectivity index (χ4n) is 1.10. The Hall–Kier alpha value is -2.09. The number of hydrogen-bond acceptors (Lipinski definition) is 4. The van der Waals surface area contributed by atoms with Gasteiger partial charge in [-0.3, -0.25) is 0 Å². The highest BCUT2D eigenvalue weighted by atomic mass is 19.1. The van der Waals surface area contributed by atoms with Crippen molar-refractivity contribution >= 4 is 5.71 Å². The first kappa shape index (κ1) is 13.0. The van der Waals surface area contributed by atoms with Crippen LogP contribution >= 0.6 is 0 Å². The summed E-state index contributed by atoms with van der Waals surface area (Å²) < 4.78 is 18.1. The van der Waals surface area contributed by atoms with E-state index >= 15 is 0 Å². The molecule has 0 heterocycles. The Balaban J connectivity index is 2.79. The molecule has 0 spiro atoms. The lowest BCUT2D eigenvalue weighted by Gasteiger charge is -2.06. The van der Waals surface area contributed by atoms with E-state index in [1.165, 1.54) is 24.5 Å². The SMILES string of the molecule is CCC(C)=NOCc1c(F)cccc1OC#N. The molecule has 0 aliphatic carbocycles. The maximum atomic E-state index is 13.5. The molecule has 0 radical (unpaired) electrons. The van der Waals surface area contributed by atoms with Gasteiger partial charge in [0, 0.05) is 0 Å². The minimum atomic E-state index is -0.484. The van der Waals surface area contributed by atoms with Gasteiger partial charge in [0.1, 0.15) is 12.4 Å². The second-order valence-corrected chi connectivity index (χ2v) is 3.36. The van der Waals surface area contributed by atoms with Crippen molar-refractivity contribution in [3.8, 4) is 12.0 Å². The van der Waals surface area contributed by atoms with Crippen LogP contribution in [0.25, 0.3) is 0 Å². The Morgan fingerprint density at radius 3 is 2.94 bits per heavy atom. The molecule has 0 aliphatic heterocycles. The lowest BCUT2D eigenvalue weighted by molar-refractivity contribution is 0.125. The van der Waals surface area contributed by atoms with E-state index in [0.717, 1.165) is 12.1 Å². The zero-order valence-corrected chi connectivity index (χ0v) is 9.74. The number of oxime groups is 1. The van der Waals surface area contributed by atoms with Gasteiger partial charge in [0.2, 0.25) is 0 Å². The van der Waals surface area contributed by atoms with Crippen LogP contribution in [0.15, 0.2) is 23.4 Å². The van der Waals surface area contributed by atoms with Crippen molar-refractivity contribution < 1.29 is 14.0 Å². The van der Waals surface area contributed by atoms with Crippen molar-refractivity contribution in [2.24, 2.45) is 5.16 Å². The first-order valence-electron chi connectivity index (χ1n) is 5.17. The molecule has 0 atom stereocenters. The number of nitrogens with zero attached hydrogens (tertiary/aromatic N) is 2. The smallest absolute Gasteiger partial charge is 0.292 e. The molecule has 0 amide bonds. The van der Waals surface area contributed by atoms with Crippen molar-refractivity contribution in [3.63, 3.8) is 0 Å². The summed E-state index contributed by atoms with van der Waals surface area (Å²) in [4.78, 5) is 5.00. The van der Waals surface area contributed by atoms with Crippen LogP contribution < -0.4 is 4.74 Å². The molecule has 0 saturated carbocycles. The van der Waals surface area contributed by atoms with Crippen LogP contribution in [-0.4, -0.2) is 5.71 Å². The van der Waals surface area contributed by atoms with E-state index in [1.54, 1.807) is 0 Å². The Morgan fingerprint density at radius 2 is 2.29 bits per heavy atom. The van der Waals surface area contributed by atoms with Gasteiger partial charge in [0.15, 0.2) is 5.75 Å². The Morgan fingerprint density at radius 1 is 1.53 bits per heavy atom. The first-order valence-corrected chi connectivity index (χ1v) is 5.17. The van der Waals surface area contributed by atoms with Gasteiger partial charge < -0.3 is 9.57 Å². The van der Waals surface area contributed by atoms with Crippen LogP contribution in [0, 0.1) is 17.3 Å². The third-order valence-electron chi connectivity index (χ3n) is 2.17. The molecule has 1 rings (SSSR count). The van der Waals surface area contributed by atoms with Gasteiger partial charge in [-0.1, -0.05) is 18.1 Å². The van der Waals surface area contributed by atoms with E-state index in [-0.39, 0.29) is 17.9 Å². The van der Waals surface area contributed by atoms with Gasteiger partial charge in [-0.2, -0.15) is 0 Å². The second-order valence-electron chi connectivity index (χ2n) is 3.36. The Labute approximate surface area is 99.3 Å². The highest BCUT2D eigenvalue weighted by Gasteiger charge is 2.10. The summed E-state index contributed by atoms with van der Waals surface area (Å²) in [6.45, 7) is 3.69. The second kappa shape index (κ2) is 6.48. The molecule has 0 aliphatic rings. The van der Waals surface area contributed by atoms with E-state index < -0.39 is 5.82 Å². The van der Waals surface area contributed by atoms with E-state index in [2.05, 4.69) is 9.89 Å².